The van der Waals surface area contributed by atoms with E-state index in [2.05, 4.69) is 5.10 Å². The molecule has 1 heterocycles. The molecule has 0 saturated carbocycles. The Labute approximate surface area is 79.8 Å². The Kier molecular flexibility index (Phi) is 1.14. The van der Waals surface area contributed by atoms with Crippen molar-refractivity contribution in [3.05, 3.63) is 52.4 Å². The summed E-state index contributed by atoms with van der Waals surface area (Å²) in [5.74, 6) is 0. The van der Waals surface area contributed by atoms with Crippen molar-refractivity contribution in [2.75, 3.05) is 0 Å². The topological polar surface area (TPSA) is 37.8 Å². The molecule has 13 heavy (non-hydrogen) atoms. The van der Waals surface area contributed by atoms with Crippen LogP contribution in [0.25, 0.3) is 5.69 Å². The zero-order valence-electron chi connectivity index (χ0n) is 9.82. The number of rotatable bonds is 1. The maximum Gasteiger partial charge on any atom is 0.271 e. The number of H-pyrrole nitrogens is 1. The summed E-state index contributed by atoms with van der Waals surface area (Å²) in [7, 11) is 0. The second-order valence-corrected chi connectivity index (χ2v) is 2.68. The fourth-order valence-electron chi connectivity index (χ4n) is 1.16. The molecule has 0 amide bonds. The van der Waals surface area contributed by atoms with Crippen LogP contribution in [0.5, 0.6) is 0 Å². The van der Waals surface area contributed by atoms with Gasteiger partial charge in [0, 0.05) is 15.9 Å². The Morgan fingerprint density at radius 3 is 2.77 bits per heavy atom. The Morgan fingerprint density at radius 1 is 1.38 bits per heavy atom. The second-order valence-electron chi connectivity index (χ2n) is 2.68. The van der Waals surface area contributed by atoms with Gasteiger partial charge >= 0.3 is 0 Å². The summed E-state index contributed by atoms with van der Waals surface area (Å²) in [6.07, 6.45) is 0. The van der Waals surface area contributed by atoms with Crippen LogP contribution in [0.15, 0.2) is 41.2 Å². The quantitative estimate of drug-likeness (QED) is 0.703. The Bertz CT molecular complexity index is 539. The van der Waals surface area contributed by atoms with Gasteiger partial charge in [0.2, 0.25) is 0 Å². The average molecular weight is 177 g/mol. The number of hydrogen-bond acceptors (Lipinski definition) is 1. The first-order valence-corrected chi connectivity index (χ1v) is 3.86. The lowest BCUT2D eigenvalue weighted by Crippen LogP contribution is -2.12. The first-order chi connectivity index (χ1) is 7.48. The Morgan fingerprint density at radius 2 is 2.15 bits per heavy atom. The van der Waals surface area contributed by atoms with E-state index in [0.29, 0.717) is 5.69 Å². The number of hydrogen-bond donors (Lipinski definition) is 1. The summed E-state index contributed by atoms with van der Waals surface area (Å²) in [6, 6.07) is 9.92. The predicted octanol–water partition coefficient (Wildman–Crippen LogP) is 1.47. The molecule has 0 aliphatic heterocycles. The zero-order chi connectivity index (χ0) is 11.8. The SMILES string of the molecule is [2H]C([2H])([2H])c1cc(=O)n(-c2ccccc2)[nH]1. The van der Waals surface area contributed by atoms with Crippen molar-refractivity contribution in [3.63, 3.8) is 0 Å². The van der Waals surface area contributed by atoms with E-state index in [4.69, 9.17) is 4.11 Å². The van der Waals surface area contributed by atoms with Gasteiger partial charge < -0.3 is 0 Å². The molecule has 3 heteroatoms. The highest BCUT2D eigenvalue weighted by molar-refractivity contribution is 5.30. The zero-order valence-corrected chi connectivity index (χ0v) is 6.82. The third kappa shape index (κ3) is 1.40. The Balaban J connectivity index is 2.53. The molecule has 0 fully saturated rings. The summed E-state index contributed by atoms with van der Waals surface area (Å²) in [4.78, 5) is 11.6. The monoisotopic (exact) mass is 177 g/mol. The lowest BCUT2D eigenvalue weighted by molar-refractivity contribution is 0.835. The molecular formula is C10H10N2O. The van der Waals surface area contributed by atoms with E-state index in [1.807, 2.05) is 6.07 Å². The molecular weight excluding hydrogens is 164 g/mol. The lowest BCUT2D eigenvalue weighted by Gasteiger charge is -1.99. The van der Waals surface area contributed by atoms with Gasteiger partial charge in [-0.3, -0.25) is 9.89 Å². The highest BCUT2D eigenvalue weighted by Gasteiger charge is 1.99. The molecule has 1 aromatic heterocycles. The van der Waals surface area contributed by atoms with Gasteiger partial charge in [0.15, 0.2) is 0 Å². The molecule has 0 bridgehead atoms. The molecule has 0 spiro atoms. The first kappa shape index (κ1) is 5.07. The van der Waals surface area contributed by atoms with Crippen molar-refractivity contribution in [3.8, 4) is 5.69 Å². The molecule has 1 N–H and O–H groups in total. The van der Waals surface area contributed by atoms with Crippen molar-refractivity contribution >= 4 is 0 Å². The van der Waals surface area contributed by atoms with Crippen LogP contribution in [-0.2, 0) is 0 Å². The molecule has 0 aliphatic rings. The lowest BCUT2D eigenvalue weighted by atomic mass is 10.3. The molecule has 66 valence electrons. The molecule has 2 aromatic rings. The molecule has 1 aromatic carbocycles. The molecule has 3 nitrogen and oxygen atoms in total. The van der Waals surface area contributed by atoms with Gasteiger partial charge in [-0.15, -0.1) is 0 Å². The van der Waals surface area contributed by atoms with E-state index in [1.54, 1.807) is 24.3 Å². The predicted molar refractivity (Wildman–Crippen MR) is 51.1 cm³/mol. The van der Waals surface area contributed by atoms with Crippen molar-refractivity contribution in [2.45, 2.75) is 6.85 Å². The summed E-state index contributed by atoms with van der Waals surface area (Å²) < 4.78 is 22.8. The largest absolute Gasteiger partial charge is 0.295 e. The van der Waals surface area contributed by atoms with Crippen molar-refractivity contribution < 1.29 is 4.11 Å². The minimum absolute atomic E-state index is 0.0543. The van der Waals surface area contributed by atoms with Crippen molar-refractivity contribution in [1.29, 1.82) is 0 Å². The fraction of sp³-hybridized carbons (Fsp3) is 0.100. The number of para-hydroxylation sites is 1. The maximum atomic E-state index is 11.6. The van der Waals surface area contributed by atoms with Crippen LogP contribution in [0.1, 0.15) is 9.81 Å². The minimum Gasteiger partial charge on any atom is -0.295 e. The van der Waals surface area contributed by atoms with E-state index in [-0.39, 0.29) is 11.3 Å². The van der Waals surface area contributed by atoms with Crippen molar-refractivity contribution in [1.82, 2.24) is 9.78 Å². The van der Waals surface area contributed by atoms with Crippen LogP contribution in [0.2, 0.25) is 0 Å². The van der Waals surface area contributed by atoms with Gasteiger partial charge in [0.05, 0.1) is 5.69 Å². The van der Waals surface area contributed by atoms with Crippen LogP contribution in [-0.4, -0.2) is 9.78 Å². The van der Waals surface area contributed by atoms with Crippen LogP contribution in [0.3, 0.4) is 0 Å². The van der Waals surface area contributed by atoms with E-state index in [1.165, 1.54) is 4.68 Å². The number of nitrogens with one attached hydrogen (secondary N) is 1. The van der Waals surface area contributed by atoms with E-state index < -0.39 is 6.85 Å². The third-order valence-electron chi connectivity index (χ3n) is 1.73. The van der Waals surface area contributed by atoms with Crippen LogP contribution < -0.4 is 5.56 Å². The highest BCUT2D eigenvalue weighted by Crippen LogP contribution is 2.02. The van der Waals surface area contributed by atoms with Crippen LogP contribution in [0, 0.1) is 6.85 Å². The van der Waals surface area contributed by atoms with E-state index in [9.17, 15) is 4.79 Å². The average Bonchev–Trinajstić information content (AvgIpc) is 2.61. The number of nitrogens with zero attached hydrogens (tertiary/aromatic N) is 1. The number of aromatic amines is 1. The molecule has 0 radical (unpaired) electrons. The third-order valence-corrected chi connectivity index (χ3v) is 1.73. The standard InChI is InChI=1S/C10H10N2O/c1-8-7-10(13)12(11-8)9-5-3-2-4-6-9/h2-7,11H,1H3/i1D3. The molecule has 0 saturated heterocycles. The van der Waals surface area contributed by atoms with E-state index in [0.717, 1.165) is 6.07 Å². The summed E-state index contributed by atoms with van der Waals surface area (Å²) in [6.45, 7) is -2.29. The van der Waals surface area contributed by atoms with Gasteiger partial charge in [-0.05, 0) is 19.0 Å². The van der Waals surface area contributed by atoms with Gasteiger partial charge in [0.25, 0.3) is 5.56 Å². The van der Waals surface area contributed by atoms with Crippen LogP contribution >= 0.6 is 0 Å². The number of aryl methyl sites for hydroxylation is 1. The Hall–Kier alpha value is -1.77. The van der Waals surface area contributed by atoms with Gasteiger partial charge in [-0.1, -0.05) is 18.2 Å². The molecule has 0 unspecified atom stereocenters. The van der Waals surface area contributed by atoms with Gasteiger partial charge in [0.1, 0.15) is 0 Å². The smallest absolute Gasteiger partial charge is 0.271 e. The van der Waals surface area contributed by atoms with Gasteiger partial charge in [-0.25, -0.2) is 4.68 Å². The number of aromatic nitrogens is 2. The molecule has 0 aliphatic carbocycles. The number of benzene rings is 1. The molecule has 0 atom stereocenters. The van der Waals surface area contributed by atoms with Crippen LogP contribution in [0.4, 0.5) is 0 Å². The summed E-state index contributed by atoms with van der Waals surface area (Å²) in [5, 5.41) is 2.58. The summed E-state index contributed by atoms with van der Waals surface area (Å²) >= 11 is 0. The van der Waals surface area contributed by atoms with Crippen molar-refractivity contribution in [2.24, 2.45) is 0 Å². The first-order valence-electron chi connectivity index (χ1n) is 5.36. The fourth-order valence-corrected chi connectivity index (χ4v) is 1.16. The normalized spacial score (nSPS) is 14.6. The molecule has 2 rings (SSSR count). The summed E-state index contributed by atoms with van der Waals surface area (Å²) in [5.41, 5.74) is 0.182. The maximum absolute atomic E-state index is 11.6. The highest BCUT2D eigenvalue weighted by atomic mass is 16.1. The van der Waals surface area contributed by atoms with Gasteiger partial charge in [-0.2, -0.15) is 0 Å². The second kappa shape index (κ2) is 2.94. The van der Waals surface area contributed by atoms with E-state index >= 15 is 0 Å². The minimum atomic E-state index is -2.29.